The molecule has 1 fully saturated rings. The van der Waals surface area contributed by atoms with E-state index in [-0.39, 0.29) is 11.2 Å². The normalized spacial score (nSPS) is 25.3. The second kappa shape index (κ2) is 4.06. The first-order valence-electron chi connectivity index (χ1n) is 4.54. The highest BCUT2D eigenvalue weighted by Gasteiger charge is 2.31. The highest BCUT2D eigenvalue weighted by atomic mass is 79.9. The van der Waals surface area contributed by atoms with E-state index >= 15 is 0 Å². The molecular weight excluding hydrogens is 278 g/mol. The maximum Gasteiger partial charge on any atom is 0.233 e. The van der Waals surface area contributed by atoms with Gasteiger partial charge in [-0.3, -0.25) is 9.52 Å². The van der Waals surface area contributed by atoms with Crippen LogP contribution in [0.3, 0.4) is 0 Å². The fourth-order valence-corrected chi connectivity index (χ4v) is 3.70. The second-order valence-electron chi connectivity index (χ2n) is 3.54. The van der Waals surface area contributed by atoms with E-state index in [2.05, 4.69) is 20.7 Å². The molecule has 2 rings (SSSR count). The van der Waals surface area contributed by atoms with Crippen LogP contribution in [0.1, 0.15) is 22.8 Å². The molecule has 0 saturated carbocycles. The molecule has 3 nitrogen and oxygen atoms in total. The van der Waals surface area contributed by atoms with Crippen LogP contribution in [-0.4, -0.2) is 10.1 Å². The molecular formula is C10H10BrNO2S. The maximum atomic E-state index is 11.6. The number of carbonyl (C=O) groups excluding carboxylic acids is 1. The molecule has 2 unspecified atom stereocenters. The summed E-state index contributed by atoms with van der Waals surface area (Å²) in [7, 11) is -1.29. The Morgan fingerprint density at radius 2 is 2.27 bits per heavy atom. The topological polar surface area (TPSA) is 46.2 Å². The van der Waals surface area contributed by atoms with Gasteiger partial charge in [0.15, 0.2) is 0 Å². The molecule has 0 aromatic heterocycles. The summed E-state index contributed by atoms with van der Waals surface area (Å²) in [6.07, 6.45) is 0.300. The fraction of sp³-hybridized carbons (Fsp3) is 0.300. The summed E-state index contributed by atoms with van der Waals surface area (Å²) in [4.78, 5) is 11.1. The van der Waals surface area contributed by atoms with Gasteiger partial charge in [0.1, 0.15) is 11.0 Å². The van der Waals surface area contributed by atoms with Crippen LogP contribution in [0.2, 0.25) is 0 Å². The van der Waals surface area contributed by atoms with Crippen molar-refractivity contribution < 1.29 is 9.00 Å². The first-order valence-corrected chi connectivity index (χ1v) is 6.54. The Labute approximate surface area is 99.0 Å². The molecule has 0 aliphatic carbocycles. The van der Waals surface area contributed by atoms with E-state index < -0.39 is 11.0 Å². The van der Waals surface area contributed by atoms with E-state index in [4.69, 9.17) is 0 Å². The molecule has 80 valence electrons. The molecule has 1 heterocycles. The van der Waals surface area contributed by atoms with Gasteiger partial charge in [-0.05, 0) is 24.1 Å². The first-order chi connectivity index (χ1) is 7.08. The van der Waals surface area contributed by atoms with Gasteiger partial charge in [0, 0.05) is 10.9 Å². The van der Waals surface area contributed by atoms with Crippen LogP contribution in [0.15, 0.2) is 22.7 Å². The molecule has 2 atom stereocenters. The summed E-state index contributed by atoms with van der Waals surface area (Å²) in [5, 5.41) is -0.229. The van der Waals surface area contributed by atoms with E-state index in [0.717, 1.165) is 15.6 Å². The smallest absolute Gasteiger partial charge is 0.233 e. The van der Waals surface area contributed by atoms with Gasteiger partial charge in [-0.15, -0.1) is 0 Å². The number of nitrogens with one attached hydrogen (secondary N) is 1. The van der Waals surface area contributed by atoms with E-state index in [1.807, 2.05) is 25.1 Å². The standard InChI is InChI=1S/C10H10BrNO2S/c1-6-2-3-7(8(11)4-6)9-5-10(13)12-15(9)14/h2-4,9H,5H2,1H3,(H,12,13). The number of hydrogen-bond donors (Lipinski definition) is 1. The molecule has 1 aromatic rings. The van der Waals surface area contributed by atoms with Crippen LogP contribution in [0.25, 0.3) is 0 Å². The van der Waals surface area contributed by atoms with Crippen molar-refractivity contribution in [3.05, 3.63) is 33.8 Å². The number of aryl methyl sites for hydroxylation is 1. The van der Waals surface area contributed by atoms with Crippen molar-refractivity contribution in [2.75, 3.05) is 0 Å². The van der Waals surface area contributed by atoms with Crippen LogP contribution < -0.4 is 4.72 Å². The van der Waals surface area contributed by atoms with Crippen LogP contribution in [0.4, 0.5) is 0 Å². The minimum Gasteiger partial charge on any atom is -0.275 e. The lowest BCUT2D eigenvalue weighted by molar-refractivity contribution is -0.118. The van der Waals surface area contributed by atoms with Gasteiger partial charge in [-0.1, -0.05) is 28.1 Å². The molecule has 0 radical (unpaired) electrons. The number of rotatable bonds is 1. The maximum absolute atomic E-state index is 11.6. The van der Waals surface area contributed by atoms with Gasteiger partial charge in [-0.2, -0.15) is 0 Å². The fourth-order valence-electron chi connectivity index (χ4n) is 1.59. The summed E-state index contributed by atoms with van der Waals surface area (Å²) in [6.45, 7) is 1.99. The number of benzene rings is 1. The van der Waals surface area contributed by atoms with Crippen molar-refractivity contribution in [2.45, 2.75) is 18.6 Å². The summed E-state index contributed by atoms with van der Waals surface area (Å²) >= 11 is 3.43. The lowest BCUT2D eigenvalue weighted by Gasteiger charge is -2.09. The second-order valence-corrected chi connectivity index (χ2v) is 5.76. The largest absolute Gasteiger partial charge is 0.275 e. The van der Waals surface area contributed by atoms with Crippen molar-refractivity contribution in [3.63, 3.8) is 0 Å². The first kappa shape index (κ1) is 10.8. The van der Waals surface area contributed by atoms with E-state index in [1.165, 1.54) is 0 Å². The van der Waals surface area contributed by atoms with Crippen molar-refractivity contribution in [2.24, 2.45) is 0 Å². The molecule has 1 aliphatic rings. The Morgan fingerprint density at radius 1 is 1.53 bits per heavy atom. The molecule has 1 N–H and O–H groups in total. The summed E-state index contributed by atoms with van der Waals surface area (Å²) in [5.41, 5.74) is 2.06. The Bertz CT molecular complexity index is 447. The molecule has 1 aliphatic heterocycles. The molecule has 5 heteroatoms. The Kier molecular flexibility index (Phi) is 2.93. The van der Waals surface area contributed by atoms with Gasteiger partial charge < -0.3 is 0 Å². The van der Waals surface area contributed by atoms with Gasteiger partial charge in [0.25, 0.3) is 0 Å². The Hall–Kier alpha value is -0.680. The highest BCUT2D eigenvalue weighted by molar-refractivity contribution is 9.10. The zero-order chi connectivity index (χ0) is 11.0. The third kappa shape index (κ3) is 2.13. The van der Waals surface area contributed by atoms with E-state index in [1.54, 1.807) is 0 Å². The third-order valence-electron chi connectivity index (χ3n) is 2.35. The van der Waals surface area contributed by atoms with Gasteiger partial charge in [0.2, 0.25) is 5.91 Å². The monoisotopic (exact) mass is 287 g/mol. The van der Waals surface area contributed by atoms with Crippen LogP contribution >= 0.6 is 15.9 Å². The number of hydrogen-bond acceptors (Lipinski definition) is 2. The molecule has 15 heavy (non-hydrogen) atoms. The predicted octanol–water partition coefficient (Wildman–Crippen LogP) is 1.98. The summed E-state index contributed by atoms with van der Waals surface area (Å²) in [5.74, 6) is -0.147. The summed E-state index contributed by atoms with van der Waals surface area (Å²) < 4.78 is 14.9. The number of amides is 1. The SMILES string of the molecule is Cc1ccc(C2CC(=O)NS2=O)c(Br)c1. The zero-order valence-electron chi connectivity index (χ0n) is 8.12. The van der Waals surface area contributed by atoms with E-state index in [0.29, 0.717) is 6.42 Å². The van der Waals surface area contributed by atoms with Crippen molar-refractivity contribution in [1.82, 2.24) is 4.72 Å². The van der Waals surface area contributed by atoms with Crippen molar-refractivity contribution in [1.29, 1.82) is 0 Å². The molecule has 0 spiro atoms. The average Bonchev–Trinajstić information content (AvgIpc) is 2.45. The van der Waals surface area contributed by atoms with Gasteiger partial charge >= 0.3 is 0 Å². The van der Waals surface area contributed by atoms with Crippen LogP contribution in [-0.2, 0) is 15.8 Å². The molecule has 1 aromatic carbocycles. The lowest BCUT2D eigenvalue weighted by atomic mass is 10.1. The Morgan fingerprint density at radius 3 is 2.80 bits per heavy atom. The minimum atomic E-state index is -1.29. The minimum absolute atomic E-state index is 0.147. The molecule has 1 amide bonds. The van der Waals surface area contributed by atoms with Crippen molar-refractivity contribution >= 4 is 32.8 Å². The molecule has 0 bridgehead atoms. The lowest BCUT2D eigenvalue weighted by Crippen LogP contribution is -2.15. The third-order valence-corrected chi connectivity index (χ3v) is 4.40. The number of carbonyl (C=O) groups is 1. The van der Waals surface area contributed by atoms with Crippen LogP contribution in [0, 0.1) is 6.92 Å². The predicted molar refractivity (Wildman–Crippen MR) is 62.5 cm³/mol. The number of halogens is 1. The van der Waals surface area contributed by atoms with Crippen molar-refractivity contribution in [3.8, 4) is 0 Å². The average molecular weight is 288 g/mol. The Balaban J connectivity index is 2.38. The summed E-state index contributed by atoms with van der Waals surface area (Å²) in [6, 6.07) is 5.84. The van der Waals surface area contributed by atoms with E-state index in [9.17, 15) is 9.00 Å². The molecule has 1 saturated heterocycles. The quantitative estimate of drug-likeness (QED) is 0.859. The van der Waals surface area contributed by atoms with Gasteiger partial charge in [0.05, 0.1) is 5.25 Å². The van der Waals surface area contributed by atoms with Gasteiger partial charge in [-0.25, -0.2) is 4.21 Å². The zero-order valence-corrected chi connectivity index (χ0v) is 10.5. The highest BCUT2D eigenvalue weighted by Crippen LogP contribution is 2.32. The van der Waals surface area contributed by atoms with Crippen LogP contribution in [0.5, 0.6) is 0 Å².